The van der Waals surface area contributed by atoms with E-state index in [0.717, 1.165) is 6.07 Å². The van der Waals surface area contributed by atoms with Gasteiger partial charge in [0.15, 0.2) is 11.4 Å². The fourth-order valence-electron chi connectivity index (χ4n) is 0.880. The maximum absolute atomic E-state index is 13.1. The van der Waals surface area contributed by atoms with Gasteiger partial charge in [-0.3, -0.25) is 5.32 Å². The topological polar surface area (TPSA) is 48.2 Å². The van der Waals surface area contributed by atoms with Gasteiger partial charge in [-0.1, -0.05) is 35.0 Å². The lowest BCUT2D eigenvalue weighted by Crippen LogP contribution is -2.12. The van der Waals surface area contributed by atoms with Gasteiger partial charge in [0.25, 0.3) is 0 Å². The van der Waals surface area contributed by atoms with Crippen molar-refractivity contribution in [2.75, 3.05) is 6.26 Å². The first-order chi connectivity index (χ1) is 7.58. The average Bonchev–Trinajstić information content (AvgIpc) is 2.25. The number of hydrogen-bond acceptors (Lipinski definition) is 3. The third-order valence-corrected chi connectivity index (χ3v) is 2.74. The van der Waals surface area contributed by atoms with Crippen molar-refractivity contribution in [1.82, 2.24) is 5.32 Å². The van der Waals surface area contributed by atoms with Crippen molar-refractivity contribution in [1.29, 1.82) is 5.26 Å². The molecule has 0 unspecified atom stereocenters. The number of nitriles is 1. The number of benzene rings is 1. The summed E-state index contributed by atoms with van der Waals surface area (Å²) in [6.45, 7) is 0. The fraction of sp³-hybridized carbons (Fsp3) is 0.111. The molecule has 0 saturated heterocycles. The van der Waals surface area contributed by atoms with Crippen molar-refractivity contribution in [2.45, 2.75) is 0 Å². The van der Waals surface area contributed by atoms with Gasteiger partial charge in [0.1, 0.15) is 5.82 Å². The van der Waals surface area contributed by atoms with E-state index in [-0.39, 0.29) is 15.7 Å². The van der Waals surface area contributed by atoms with Crippen LogP contribution in [0.1, 0.15) is 0 Å². The highest BCUT2D eigenvalue weighted by atomic mass is 35.5. The first kappa shape index (κ1) is 13.1. The van der Waals surface area contributed by atoms with E-state index in [0.29, 0.717) is 5.17 Å². The van der Waals surface area contributed by atoms with Crippen molar-refractivity contribution < 1.29 is 4.39 Å². The van der Waals surface area contributed by atoms with Crippen LogP contribution < -0.4 is 5.32 Å². The molecule has 0 aromatic heterocycles. The second-order valence-electron chi connectivity index (χ2n) is 2.58. The largest absolute Gasteiger partial charge is 0.271 e. The zero-order valence-electron chi connectivity index (χ0n) is 8.09. The average molecular weight is 278 g/mol. The zero-order chi connectivity index (χ0) is 12.1. The molecule has 0 aliphatic rings. The van der Waals surface area contributed by atoms with Crippen molar-refractivity contribution in [3.05, 3.63) is 28.0 Å². The lowest BCUT2D eigenvalue weighted by Gasteiger charge is -2.03. The summed E-state index contributed by atoms with van der Waals surface area (Å²) in [5.74, 6) is -0.609. The van der Waals surface area contributed by atoms with Gasteiger partial charge < -0.3 is 0 Å². The predicted octanol–water partition coefficient (Wildman–Crippen LogP) is 3.55. The molecule has 0 amide bonds. The lowest BCUT2D eigenvalue weighted by atomic mass is 10.3. The molecule has 1 aromatic rings. The normalized spacial score (nSPS) is 11.1. The van der Waals surface area contributed by atoms with Gasteiger partial charge in [-0.05, 0) is 12.3 Å². The molecule has 16 heavy (non-hydrogen) atoms. The summed E-state index contributed by atoms with van der Waals surface area (Å²) < 4.78 is 13.1. The van der Waals surface area contributed by atoms with E-state index in [4.69, 9.17) is 28.5 Å². The molecular formula is C9H6Cl2FN3S. The first-order valence-electron chi connectivity index (χ1n) is 4.00. The Balaban J connectivity index is 3.14. The molecule has 0 bridgehead atoms. The molecule has 7 heteroatoms. The molecule has 1 rings (SSSR count). The third kappa shape index (κ3) is 3.27. The van der Waals surface area contributed by atoms with E-state index in [9.17, 15) is 4.39 Å². The molecule has 0 aliphatic heterocycles. The quantitative estimate of drug-likeness (QED) is 0.281. The van der Waals surface area contributed by atoms with Crippen LogP contribution in [0.2, 0.25) is 10.0 Å². The minimum absolute atomic E-state index is 0.0668. The number of halogens is 3. The Bertz CT molecular complexity index is 471. The van der Waals surface area contributed by atoms with Crippen molar-refractivity contribution >= 4 is 45.8 Å². The molecule has 3 nitrogen and oxygen atoms in total. The van der Waals surface area contributed by atoms with Crippen molar-refractivity contribution in [3.63, 3.8) is 0 Å². The van der Waals surface area contributed by atoms with Crippen LogP contribution in [0.5, 0.6) is 0 Å². The SMILES string of the molecule is CSC(=Nc1cc(F)c(Cl)cc1Cl)NC#N. The second-order valence-corrected chi connectivity index (χ2v) is 4.18. The molecule has 0 aliphatic carbocycles. The van der Waals surface area contributed by atoms with Crippen LogP contribution in [0.4, 0.5) is 10.1 Å². The molecule has 0 atom stereocenters. The Morgan fingerprint density at radius 3 is 2.75 bits per heavy atom. The summed E-state index contributed by atoms with van der Waals surface area (Å²) in [4.78, 5) is 3.98. The number of nitrogens with zero attached hydrogens (tertiary/aromatic N) is 2. The lowest BCUT2D eigenvalue weighted by molar-refractivity contribution is 0.628. The van der Waals surface area contributed by atoms with Crippen LogP contribution in [0.15, 0.2) is 17.1 Å². The number of rotatable bonds is 1. The van der Waals surface area contributed by atoms with E-state index in [1.165, 1.54) is 17.8 Å². The summed E-state index contributed by atoms with van der Waals surface area (Å²) in [5.41, 5.74) is 0.218. The molecular weight excluding hydrogens is 272 g/mol. The van der Waals surface area contributed by atoms with Crippen molar-refractivity contribution in [2.24, 2.45) is 4.99 Å². The highest BCUT2D eigenvalue weighted by molar-refractivity contribution is 8.13. The number of aliphatic imine (C=N–C) groups is 1. The van der Waals surface area contributed by atoms with Crippen LogP contribution in [0.3, 0.4) is 0 Å². The minimum atomic E-state index is -0.609. The van der Waals surface area contributed by atoms with E-state index in [2.05, 4.69) is 10.3 Å². The van der Waals surface area contributed by atoms with Crippen LogP contribution in [0.25, 0.3) is 0 Å². The Labute approximate surface area is 106 Å². The van der Waals surface area contributed by atoms with Crippen LogP contribution in [-0.4, -0.2) is 11.4 Å². The monoisotopic (exact) mass is 277 g/mol. The smallest absolute Gasteiger partial charge is 0.183 e. The molecule has 0 heterocycles. The predicted molar refractivity (Wildman–Crippen MR) is 65.8 cm³/mol. The van der Waals surface area contributed by atoms with E-state index < -0.39 is 5.82 Å². The third-order valence-electron chi connectivity index (χ3n) is 1.57. The van der Waals surface area contributed by atoms with Crippen molar-refractivity contribution in [3.8, 4) is 6.19 Å². The van der Waals surface area contributed by atoms with Crippen LogP contribution >= 0.6 is 35.0 Å². The van der Waals surface area contributed by atoms with Crippen LogP contribution in [-0.2, 0) is 0 Å². The standard InChI is InChI=1S/C9H6Cl2FN3S/c1-16-9(14-4-13)15-8-3-7(12)5(10)2-6(8)11/h2-3H,1H3,(H,14,15). The summed E-state index contributed by atoms with van der Waals surface area (Å²) in [6, 6.07) is 2.38. The van der Waals surface area contributed by atoms with Gasteiger partial charge in [-0.25, -0.2) is 9.38 Å². The Morgan fingerprint density at radius 1 is 1.50 bits per heavy atom. The van der Waals surface area contributed by atoms with E-state index in [1.807, 2.05) is 0 Å². The summed E-state index contributed by atoms with van der Waals surface area (Å²) >= 11 is 12.6. The maximum Gasteiger partial charge on any atom is 0.183 e. The zero-order valence-corrected chi connectivity index (χ0v) is 10.4. The van der Waals surface area contributed by atoms with E-state index >= 15 is 0 Å². The molecule has 84 valence electrons. The maximum atomic E-state index is 13.1. The first-order valence-corrected chi connectivity index (χ1v) is 5.99. The molecule has 0 spiro atoms. The Kier molecular flexibility index (Phi) is 4.87. The summed E-state index contributed by atoms with van der Waals surface area (Å²) in [5, 5.41) is 11.3. The number of amidine groups is 1. The highest BCUT2D eigenvalue weighted by Crippen LogP contribution is 2.30. The fourth-order valence-corrected chi connectivity index (χ4v) is 1.64. The van der Waals surface area contributed by atoms with Gasteiger partial charge in [-0.15, -0.1) is 0 Å². The van der Waals surface area contributed by atoms with Crippen LogP contribution in [0, 0.1) is 17.3 Å². The van der Waals surface area contributed by atoms with Gasteiger partial charge in [0.2, 0.25) is 0 Å². The number of hydrogen-bond donors (Lipinski definition) is 1. The molecule has 0 saturated carbocycles. The second kappa shape index (κ2) is 5.94. The summed E-state index contributed by atoms with van der Waals surface area (Å²) in [6.07, 6.45) is 3.45. The Morgan fingerprint density at radius 2 is 2.19 bits per heavy atom. The Hall–Kier alpha value is -0.960. The molecule has 1 N–H and O–H groups in total. The summed E-state index contributed by atoms with van der Waals surface area (Å²) in [7, 11) is 0. The molecule has 0 fully saturated rings. The van der Waals surface area contributed by atoms with E-state index in [1.54, 1.807) is 12.4 Å². The molecule has 0 radical (unpaired) electrons. The van der Waals surface area contributed by atoms with Gasteiger partial charge in [0.05, 0.1) is 15.7 Å². The molecule has 1 aromatic carbocycles. The minimum Gasteiger partial charge on any atom is -0.271 e. The van der Waals surface area contributed by atoms with Gasteiger partial charge in [0, 0.05) is 6.07 Å². The number of nitrogens with one attached hydrogen (secondary N) is 1. The van der Waals surface area contributed by atoms with Gasteiger partial charge >= 0.3 is 0 Å². The highest BCUT2D eigenvalue weighted by Gasteiger charge is 2.07. The number of thioether (sulfide) groups is 1. The van der Waals surface area contributed by atoms with Gasteiger partial charge in [-0.2, -0.15) is 5.26 Å².